The lowest BCUT2D eigenvalue weighted by Crippen LogP contribution is -2.57. The molecular formula is C26H32ClN7O5S2. The number of sulfonamides is 1. The minimum Gasteiger partial charge on any atom is -0.369 e. The lowest BCUT2D eigenvalue weighted by Gasteiger charge is -2.40. The highest BCUT2D eigenvalue weighted by Crippen LogP contribution is 2.32. The van der Waals surface area contributed by atoms with Gasteiger partial charge in [0.15, 0.2) is 10.0 Å². The zero-order chi connectivity index (χ0) is 29.6. The van der Waals surface area contributed by atoms with Gasteiger partial charge in [-0.15, -0.1) is 11.3 Å². The summed E-state index contributed by atoms with van der Waals surface area (Å²) in [5.74, 6) is -1.25. The van der Waals surface area contributed by atoms with Crippen LogP contribution in [0.4, 0.5) is 0 Å². The van der Waals surface area contributed by atoms with E-state index in [1.807, 2.05) is 0 Å². The summed E-state index contributed by atoms with van der Waals surface area (Å²) in [4.78, 5) is 49.9. The number of hydrogen-bond donors (Lipinski definition) is 3. The lowest BCUT2D eigenvalue weighted by molar-refractivity contribution is -0.130. The van der Waals surface area contributed by atoms with Crippen molar-refractivity contribution in [2.24, 2.45) is 5.73 Å². The number of rotatable bonds is 7. The Morgan fingerprint density at radius 2 is 2.00 bits per heavy atom. The molecule has 2 atom stereocenters. The van der Waals surface area contributed by atoms with E-state index in [0.717, 1.165) is 17.0 Å². The van der Waals surface area contributed by atoms with E-state index in [1.54, 1.807) is 37.2 Å². The molecule has 0 radical (unpaired) electrons. The number of carbonyl (C=O) groups is 3. The van der Waals surface area contributed by atoms with Gasteiger partial charge in [0, 0.05) is 85.5 Å². The van der Waals surface area contributed by atoms with Crippen LogP contribution in [0.15, 0.2) is 23.2 Å². The number of fused-ring (bicyclic) bond motifs is 2. The standard InChI is InChI=1S/C26H32ClN7O5S2/c1-14-8-20-21(12-29-14)40-24(30-20)26(37)34-7-6-33(13-16(34)10-23(36)32(2)3)41(38,39)25-18(11-22(28)35)17-9-15(27)4-5-19(17)31-25/h4-5,9,14,16,29,31H,6-8,10-13H2,1-3H3,(H2,28,35). The van der Waals surface area contributed by atoms with Crippen molar-refractivity contribution in [1.29, 1.82) is 0 Å². The number of amides is 3. The van der Waals surface area contributed by atoms with E-state index in [-0.39, 0.29) is 60.9 Å². The van der Waals surface area contributed by atoms with Crippen molar-refractivity contribution in [3.8, 4) is 0 Å². The van der Waals surface area contributed by atoms with Crippen molar-refractivity contribution in [3.63, 3.8) is 0 Å². The van der Waals surface area contributed by atoms with Crippen LogP contribution in [0.2, 0.25) is 5.02 Å². The number of carbonyl (C=O) groups excluding carboxylic acids is 3. The summed E-state index contributed by atoms with van der Waals surface area (Å²) in [6, 6.07) is 4.37. The maximum atomic E-state index is 14.0. The van der Waals surface area contributed by atoms with E-state index in [9.17, 15) is 22.8 Å². The Morgan fingerprint density at radius 3 is 2.71 bits per heavy atom. The van der Waals surface area contributed by atoms with E-state index < -0.39 is 22.0 Å². The molecule has 2 aliphatic heterocycles. The van der Waals surface area contributed by atoms with Crippen LogP contribution in [0.1, 0.15) is 39.3 Å². The monoisotopic (exact) mass is 621 g/mol. The van der Waals surface area contributed by atoms with Gasteiger partial charge >= 0.3 is 0 Å². The van der Waals surface area contributed by atoms with E-state index in [1.165, 1.54) is 20.5 Å². The molecule has 12 nitrogen and oxygen atoms in total. The summed E-state index contributed by atoms with van der Waals surface area (Å²) >= 11 is 7.49. The molecular weight excluding hydrogens is 590 g/mol. The molecule has 41 heavy (non-hydrogen) atoms. The number of nitrogens with one attached hydrogen (secondary N) is 2. The van der Waals surface area contributed by atoms with Crippen molar-refractivity contribution >= 4 is 61.6 Å². The summed E-state index contributed by atoms with van der Waals surface area (Å²) in [5.41, 5.74) is 7.09. The number of nitrogens with two attached hydrogens (primary N) is 1. The SMILES string of the molecule is CC1Cc2nc(C(=O)N3CCN(S(=O)(=O)c4[nH]c5ccc(Cl)cc5c4CC(N)=O)CC3CC(=O)N(C)C)sc2CN1. The van der Waals surface area contributed by atoms with Crippen LogP contribution in [0.25, 0.3) is 10.9 Å². The quantitative estimate of drug-likeness (QED) is 0.358. The van der Waals surface area contributed by atoms with Gasteiger partial charge < -0.3 is 25.8 Å². The van der Waals surface area contributed by atoms with Crippen LogP contribution >= 0.6 is 22.9 Å². The molecule has 1 saturated heterocycles. The Kier molecular flexibility index (Phi) is 8.14. The summed E-state index contributed by atoms with van der Waals surface area (Å²) in [7, 11) is -0.958. The Bertz CT molecular complexity index is 1630. The fraction of sp³-hybridized carbons (Fsp3) is 0.462. The van der Waals surface area contributed by atoms with Gasteiger partial charge in [-0.3, -0.25) is 14.4 Å². The largest absolute Gasteiger partial charge is 0.369 e. The molecule has 15 heteroatoms. The first-order valence-electron chi connectivity index (χ1n) is 13.2. The molecule has 2 aromatic heterocycles. The summed E-state index contributed by atoms with van der Waals surface area (Å²) in [6.07, 6.45) is 0.347. The highest BCUT2D eigenvalue weighted by atomic mass is 35.5. The van der Waals surface area contributed by atoms with Gasteiger partial charge in [-0.05, 0) is 25.1 Å². The first kappa shape index (κ1) is 29.5. The Labute approximate surface area is 246 Å². The van der Waals surface area contributed by atoms with Crippen LogP contribution in [0, 0.1) is 0 Å². The second-order valence-corrected chi connectivity index (χ2v) is 14.0. The zero-order valence-electron chi connectivity index (χ0n) is 22.9. The average molecular weight is 622 g/mol. The molecule has 0 saturated carbocycles. The van der Waals surface area contributed by atoms with Crippen molar-refractivity contribution < 1.29 is 22.8 Å². The molecule has 220 valence electrons. The molecule has 4 N–H and O–H groups in total. The van der Waals surface area contributed by atoms with E-state index >= 15 is 0 Å². The summed E-state index contributed by atoms with van der Waals surface area (Å²) in [5, 5.41) is 4.42. The first-order chi connectivity index (χ1) is 19.3. The van der Waals surface area contributed by atoms with Gasteiger partial charge in [0.25, 0.3) is 15.9 Å². The van der Waals surface area contributed by atoms with Gasteiger partial charge in [0.2, 0.25) is 11.8 Å². The Morgan fingerprint density at radius 1 is 1.24 bits per heavy atom. The predicted molar refractivity (Wildman–Crippen MR) is 155 cm³/mol. The second kappa shape index (κ2) is 11.3. The number of primary amides is 1. The Hall–Kier alpha value is -3.04. The molecule has 1 aromatic carbocycles. The van der Waals surface area contributed by atoms with Gasteiger partial charge in [-0.2, -0.15) is 4.31 Å². The number of aromatic nitrogens is 2. The number of piperazine rings is 1. The molecule has 4 heterocycles. The molecule has 3 amide bonds. The fourth-order valence-electron chi connectivity index (χ4n) is 5.29. The third kappa shape index (κ3) is 5.84. The van der Waals surface area contributed by atoms with Gasteiger partial charge in [-0.1, -0.05) is 11.6 Å². The number of aromatic amines is 1. The zero-order valence-corrected chi connectivity index (χ0v) is 25.3. The topological polar surface area (TPSA) is 162 Å². The van der Waals surface area contributed by atoms with Crippen LogP contribution in [0.3, 0.4) is 0 Å². The molecule has 0 bridgehead atoms. The Balaban J connectivity index is 1.47. The molecule has 2 unspecified atom stereocenters. The highest BCUT2D eigenvalue weighted by Gasteiger charge is 2.40. The number of halogens is 1. The molecule has 2 aliphatic rings. The average Bonchev–Trinajstić information content (AvgIpc) is 3.49. The van der Waals surface area contributed by atoms with Crippen LogP contribution in [0.5, 0.6) is 0 Å². The van der Waals surface area contributed by atoms with E-state index in [4.69, 9.17) is 17.3 Å². The minimum absolute atomic E-state index is 0.00343. The fourth-order valence-corrected chi connectivity index (χ4v) is 8.14. The van der Waals surface area contributed by atoms with E-state index in [0.29, 0.717) is 27.5 Å². The first-order valence-corrected chi connectivity index (χ1v) is 15.8. The lowest BCUT2D eigenvalue weighted by atomic mass is 10.1. The third-order valence-electron chi connectivity index (χ3n) is 7.47. The normalized spacial score (nSPS) is 19.8. The van der Waals surface area contributed by atoms with Crippen LogP contribution in [-0.2, 0) is 39.0 Å². The number of hydrogen-bond acceptors (Lipinski definition) is 8. The molecule has 5 rings (SSSR count). The van der Waals surface area contributed by atoms with Gasteiger partial charge in [-0.25, -0.2) is 13.4 Å². The van der Waals surface area contributed by atoms with Crippen molar-refractivity contribution in [3.05, 3.63) is 44.4 Å². The number of H-pyrrole nitrogens is 1. The van der Waals surface area contributed by atoms with Crippen molar-refractivity contribution in [1.82, 2.24) is 29.4 Å². The van der Waals surface area contributed by atoms with Gasteiger partial charge in [0.1, 0.15) is 0 Å². The predicted octanol–water partition coefficient (Wildman–Crippen LogP) is 1.33. The molecule has 3 aromatic rings. The van der Waals surface area contributed by atoms with Crippen LogP contribution < -0.4 is 11.1 Å². The number of nitrogens with zero attached hydrogens (tertiary/aromatic N) is 4. The molecule has 1 fully saturated rings. The van der Waals surface area contributed by atoms with E-state index in [2.05, 4.69) is 22.2 Å². The second-order valence-electron chi connectivity index (χ2n) is 10.6. The maximum Gasteiger partial charge on any atom is 0.283 e. The summed E-state index contributed by atoms with van der Waals surface area (Å²) in [6.45, 7) is 2.65. The van der Waals surface area contributed by atoms with Gasteiger partial charge in [0.05, 0.1) is 18.2 Å². The highest BCUT2D eigenvalue weighted by molar-refractivity contribution is 7.89. The third-order valence-corrected chi connectivity index (χ3v) is 10.7. The van der Waals surface area contributed by atoms with Crippen LogP contribution in [-0.4, -0.2) is 96.0 Å². The number of benzene rings is 1. The molecule has 0 spiro atoms. The minimum atomic E-state index is -4.18. The molecule has 0 aliphatic carbocycles. The number of thiazole rings is 1. The van der Waals surface area contributed by atoms with Crippen molar-refractivity contribution in [2.75, 3.05) is 33.7 Å². The maximum absolute atomic E-state index is 14.0. The van der Waals surface area contributed by atoms with Crippen molar-refractivity contribution in [2.45, 2.75) is 49.8 Å². The smallest absolute Gasteiger partial charge is 0.283 e. The summed E-state index contributed by atoms with van der Waals surface area (Å²) < 4.78 is 29.3.